The van der Waals surface area contributed by atoms with Crippen molar-refractivity contribution in [2.75, 3.05) is 0 Å². The molecule has 0 saturated heterocycles. The maximum Gasteiger partial charge on any atom is 0.402 e. The molecule has 0 aliphatic rings. The van der Waals surface area contributed by atoms with Crippen LogP contribution in [0.3, 0.4) is 0 Å². The third-order valence-corrected chi connectivity index (χ3v) is 0. The van der Waals surface area contributed by atoms with Crippen LogP contribution in [0.1, 0.15) is 0 Å². The van der Waals surface area contributed by atoms with Gasteiger partial charge in [0.1, 0.15) is 4.32 Å². The number of thiocarbonyl (C=S) groups is 1. The molecule has 4 nitrogen and oxygen atoms in total. The highest BCUT2D eigenvalue weighted by atomic mass is 32.1. The fraction of sp³-hybridized carbons (Fsp3) is 0. The Morgan fingerprint density at radius 3 is 1.62 bits per heavy atom. The number of hydrogen-bond donors (Lipinski definition) is 4. The molecule has 1 amide bonds. The molecule has 48 valence electrons. The summed E-state index contributed by atoms with van der Waals surface area (Å²) in [6.07, 6.45) is -1.33. The Balaban J connectivity index is 0. The van der Waals surface area contributed by atoms with E-state index in [0.717, 1.165) is 0 Å². The van der Waals surface area contributed by atoms with Crippen LogP contribution in [-0.2, 0) is 0 Å². The number of carboxylic acid groups (broad SMARTS) is 1. The van der Waals surface area contributed by atoms with E-state index >= 15 is 0 Å². The van der Waals surface area contributed by atoms with E-state index in [1.54, 1.807) is 0 Å². The van der Waals surface area contributed by atoms with E-state index < -0.39 is 6.09 Å². The Bertz CT molecular complexity index is 74.0. The maximum absolute atomic E-state index is 8.78. The van der Waals surface area contributed by atoms with Crippen molar-refractivity contribution in [3.63, 3.8) is 0 Å². The van der Waals surface area contributed by atoms with E-state index in [9.17, 15) is 0 Å². The molecule has 8 heavy (non-hydrogen) atoms. The van der Waals surface area contributed by atoms with Gasteiger partial charge in [0.25, 0.3) is 0 Å². The summed E-state index contributed by atoms with van der Waals surface area (Å²) in [7, 11) is 0. The van der Waals surface area contributed by atoms with Crippen LogP contribution in [0.15, 0.2) is 0 Å². The predicted octanol–water partition coefficient (Wildman–Crippen LogP) is -0.217. The number of primary amides is 1. The van der Waals surface area contributed by atoms with Gasteiger partial charge in [0.15, 0.2) is 0 Å². The van der Waals surface area contributed by atoms with E-state index in [2.05, 4.69) is 30.6 Å². The first-order valence-electron chi connectivity index (χ1n) is 1.43. The smallest absolute Gasteiger partial charge is 0.402 e. The summed E-state index contributed by atoms with van der Waals surface area (Å²) in [5, 5.41) is 7.19. The van der Waals surface area contributed by atoms with Crippen LogP contribution in [0.4, 0.5) is 4.79 Å². The van der Waals surface area contributed by atoms with Crippen LogP contribution in [0.5, 0.6) is 0 Å². The van der Waals surface area contributed by atoms with Gasteiger partial charge in [-0.3, -0.25) is 0 Å². The Labute approximate surface area is 57.3 Å². The maximum atomic E-state index is 8.78. The van der Waals surface area contributed by atoms with Gasteiger partial charge in [-0.05, 0) is 0 Å². The lowest BCUT2D eigenvalue weighted by Crippen LogP contribution is -2.03. The topological polar surface area (TPSA) is 89.3 Å². The molecule has 0 aromatic heterocycles. The third kappa shape index (κ3) is 467. The van der Waals surface area contributed by atoms with Gasteiger partial charge in [-0.2, -0.15) is 0 Å². The van der Waals surface area contributed by atoms with Crippen molar-refractivity contribution in [2.24, 2.45) is 11.5 Å². The van der Waals surface area contributed by atoms with Crippen molar-refractivity contribution in [3.8, 4) is 0 Å². The first-order chi connectivity index (χ1) is 3.46. The molecule has 0 aromatic carbocycles. The molecule has 0 fully saturated rings. The molecule has 0 aliphatic heterocycles. The SMILES string of the molecule is NC(=O)O.NC(=S)S. The minimum absolute atomic E-state index is 0.194. The quantitative estimate of drug-likeness (QED) is 0.287. The Kier molecular flexibility index (Phi) is 8.53. The van der Waals surface area contributed by atoms with Gasteiger partial charge < -0.3 is 16.6 Å². The van der Waals surface area contributed by atoms with E-state index in [-0.39, 0.29) is 4.32 Å². The zero-order valence-corrected chi connectivity index (χ0v) is 5.58. The van der Waals surface area contributed by atoms with Crippen molar-refractivity contribution in [3.05, 3.63) is 0 Å². The predicted molar refractivity (Wildman–Crippen MR) is 38.0 cm³/mol. The first-order valence-corrected chi connectivity index (χ1v) is 2.29. The van der Waals surface area contributed by atoms with Gasteiger partial charge in [0, 0.05) is 0 Å². The Morgan fingerprint density at radius 1 is 1.62 bits per heavy atom. The number of hydrogen-bond acceptors (Lipinski definition) is 2. The Hall–Kier alpha value is -0.490. The molecule has 0 bridgehead atoms. The van der Waals surface area contributed by atoms with Crippen molar-refractivity contribution in [1.29, 1.82) is 0 Å². The minimum atomic E-state index is -1.33. The fourth-order valence-electron chi connectivity index (χ4n) is 0. The van der Waals surface area contributed by atoms with E-state index in [1.807, 2.05) is 0 Å². The minimum Gasteiger partial charge on any atom is -0.465 e. The number of rotatable bonds is 0. The molecule has 0 unspecified atom stereocenters. The molecule has 0 atom stereocenters. The summed E-state index contributed by atoms with van der Waals surface area (Å²) < 4.78 is 0.194. The molecule has 0 rings (SSSR count). The summed E-state index contributed by atoms with van der Waals surface area (Å²) in [5.41, 5.74) is 8.73. The highest BCUT2D eigenvalue weighted by Gasteiger charge is 1.65. The summed E-state index contributed by atoms with van der Waals surface area (Å²) in [6, 6.07) is 0. The van der Waals surface area contributed by atoms with Crippen LogP contribution in [-0.4, -0.2) is 15.5 Å². The zero-order chi connectivity index (χ0) is 7.15. The lowest BCUT2D eigenvalue weighted by molar-refractivity contribution is 0.205. The number of carbonyl (C=O) groups is 1. The average molecular weight is 154 g/mol. The molecule has 0 aromatic rings. The van der Waals surface area contributed by atoms with Crippen molar-refractivity contribution < 1.29 is 9.90 Å². The van der Waals surface area contributed by atoms with Gasteiger partial charge in [-0.1, -0.05) is 12.2 Å². The van der Waals surface area contributed by atoms with E-state index in [0.29, 0.717) is 0 Å². The molecule has 0 spiro atoms. The van der Waals surface area contributed by atoms with Crippen LogP contribution in [0, 0.1) is 0 Å². The first kappa shape index (κ1) is 10.5. The summed E-state index contributed by atoms with van der Waals surface area (Å²) in [6.45, 7) is 0. The van der Waals surface area contributed by atoms with E-state index in [1.165, 1.54) is 0 Å². The van der Waals surface area contributed by atoms with Gasteiger partial charge in [0.05, 0.1) is 0 Å². The molecule has 0 radical (unpaired) electrons. The second-order valence-corrected chi connectivity index (χ2v) is 1.90. The van der Waals surface area contributed by atoms with Crippen LogP contribution < -0.4 is 11.5 Å². The van der Waals surface area contributed by atoms with Crippen LogP contribution in [0.25, 0.3) is 0 Å². The van der Waals surface area contributed by atoms with Crippen LogP contribution >= 0.6 is 24.8 Å². The lowest BCUT2D eigenvalue weighted by Gasteiger charge is -1.64. The molecule has 0 heterocycles. The molecule has 5 N–H and O–H groups in total. The normalized spacial score (nSPS) is 6.12. The van der Waals surface area contributed by atoms with Gasteiger partial charge in [-0.25, -0.2) is 4.79 Å². The third-order valence-electron chi connectivity index (χ3n) is 0. The van der Waals surface area contributed by atoms with Crippen molar-refractivity contribution in [1.82, 2.24) is 0 Å². The number of thiol groups is 1. The number of amides is 1. The van der Waals surface area contributed by atoms with Crippen LogP contribution in [0.2, 0.25) is 0 Å². The Morgan fingerprint density at radius 2 is 1.62 bits per heavy atom. The standard InChI is InChI=1S/CH3NO2.CH3NS2/c2*2-1(3)4/h2H2,(H,3,4);(H3,2,3,4). The summed E-state index contributed by atoms with van der Waals surface area (Å²) in [5.74, 6) is 0. The monoisotopic (exact) mass is 154 g/mol. The molecule has 0 saturated carbocycles. The lowest BCUT2D eigenvalue weighted by atomic mass is 11.3. The molecule has 0 aliphatic carbocycles. The summed E-state index contributed by atoms with van der Waals surface area (Å²) in [4.78, 5) is 8.78. The number of nitrogens with two attached hydrogens (primary N) is 2. The van der Waals surface area contributed by atoms with Gasteiger partial charge in [0.2, 0.25) is 0 Å². The molecular formula is C2H6N2O2S2. The second kappa shape index (κ2) is 6.51. The van der Waals surface area contributed by atoms with Gasteiger partial charge >= 0.3 is 6.09 Å². The van der Waals surface area contributed by atoms with Crippen molar-refractivity contribution in [2.45, 2.75) is 0 Å². The van der Waals surface area contributed by atoms with E-state index in [4.69, 9.17) is 15.6 Å². The molecule has 6 heteroatoms. The zero-order valence-electron chi connectivity index (χ0n) is 3.87. The summed E-state index contributed by atoms with van der Waals surface area (Å²) >= 11 is 7.65. The fourth-order valence-corrected chi connectivity index (χ4v) is 0. The molecular weight excluding hydrogens is 148 g/mol. The van der Waals surface area contributed by atoms with Gasteiger partial charge in [-0.15, -0.1) is 12.6 Å². The second-order valence-electron chi connectivity index (χ2n) is 0.676. The highest BCUT2D eigenvalue weighted by Crippen LogP contribution is 1.63. The highest BCUT2D eigenvalue weighted by molar-refractivity contribution is 8.10. The van der Waals surface area contributed by atoms with Crippen molar-refractivity contribution >= 4 is 35.3 Å². The largest absolute Gasteiger partial charge is 0.465 e. The average Bonchev–Trinajstić information content (AvgIpc) is 1.25.